The standard InChI is InChI=1S/C24H23BrN4O/c25-19-10-8-18(9-11-19)24(30)29-15-12-21-20(16-29)23(28-13-4-5-14-28)27-22(26-21)17-6-2-1-3-7-17/h1-3,6-11H,4-5,12-16H2. The van der Waals surface area contributed by atoms with Gasteiger partial charge in [0.05, 0.1) is 12.2 Å². The summed E-state index contributed by atoms with van der Waals surface area (Å²) in [5, 5.41) is 0. The first-order valence-electron chi connectivity index (χ1n) is 10.4. The van der Waals surface area contributed by atoms with Crippen LogP contribution in [0, 0.1) is 0 Å². The summed E-state index contributed by atoms with van der Waals surface area (Å²) in [7, 11) is 0. The summed E-state index contributed by atoms with van der Waals surface area (Å²) in [5.41, 5.74) is 3.93. The second kappa shape index (κ2) is 8.19. The number of carbonyl (C=O) groups is 1. The number of halogens is 1. The Morgan fingerprint density at radius 2 is 1.63 bits per heavy atom. The van der Waals surface area contributed by atoms with E-state index in [0.29, 0.717) is 18.7 Å². The number of rotatable bonds is 3. The van der Waals surface area contributed by atoms with Crippen molar-refractivity contribution in [2.24, 2.45) is 0 Å². The molecule has 0 saturated carbocycles. The lowest BCUT2D eigenvalue weighted by atomic mass is 10.0. The third-order valence-electron chi connectivity index (χ3n) is 5.85. The van der Waals surface area contributed by atoms with Crippen molar-refractivity contribution in [1.29, 1.82) is 0 Å². The van der Waals surface area contributed by atoms with Crippen LogP contribution in [-0.4, -0.2) is 40.4 Å². The second-order valence-electron chi connectivity index (χ2n) is 7.84. The summed E-state index contributed by atoms with van der Waals surface area (Å²) in [6.07, 6.45) is 3.11. The Bertz CT molecular complexity index is 1060. The number of fused-ring (bicyclic) bond motifs is 1. The molecule has 1 aromatic heterocycles. The fraction of sp³-hybridized carbons (Fsp3) is 0.292. The van der Waals surface area contributed by atoms with Crippen LogP contribution in [0.4, 0.5) is 5.82 Å². The van der Waals surface area contributed by atoms with Crippen LogP contribution >= 0.6 is 15.9 Å². The number of nitrogens with zero attached hydrogens (tertiary/aromatic N) is 4. The molecule has 0 radical (unpaired) electrons. The zero-order valence-electron chi connectivity index (χ0n) is 16.7. The van der Waals surface area contributed by atoms with Crippen molar-refractivity contribution in [1.82, 2.24) is 14.9 Å². The zero-order valence-corrected chi connectivity index (χ0v) is 18.3. The Morgan fingerprint density at radius 1 is 0.900 bits per heavy atom. The van der Waals surface area contributed by atoms with Crippen LogP contribution in [0.5, 0.6) is 0 Å². The average molecular weight is 463 g/mol. The predicted molar refractivity (Wildman–Crippen MR) is 122 cm³/mol. The van der Waals surface area contributed by atoms with Crippen LogP contribution < -0.4 is 4.90 Å². The molecule has 6 heteroatoms. The number of hydrogen-bond acceptors (Lipinski definition) is 4. The number of carbonyl (C=O) groups excluding carboxylic acids is 1. The molecular formula is C24H23BrN4O. The van der Waals surface area contributed by atoms with E-state index in [1.165, 1.54) is 12.8 Å². The van der Waals surface area contributed by atoms with Gasteiger partial charge in [-0.15, -0.1) is 0 Å². The molecule has 0 aliphatic carbocycles. The maximum absolute atomic E-state index is 13.1. The monoisotopic (exact) mass is 462 g/mol. The van der Waals surface area contributed by atoms with Gasteiger partial charge in [0, 0.05) is 47.2 Å². The minimum Gasteiger partial charge on any atom is -0.356 e. The van der Waals surface area contributed by atoms with Gasteiger partial charge in [-0.3, -0.25) is 4.79 Å². The molecule has 2 aliphatic rings. The zero-order chi connectivity index (χ0) is 20.5. The van der Waals surface area contributed by atoms with Crippen molar-refractivity contribution in [3.05, 3.63) is 75.9 Å². The quantitative estimate of drug-likeness (QED) is 0.565. The van der Waals surface area contributed by atoms with Crippen molar-refractivity contribution >= 4 is 27.7 Å². The summed E-state index contributed by atoms with van der Waals surface area (Å²) in [6.45, 7) is 3.26. The topological polar surface area (TPSA) is 49.3 Å². The van der Waals surface area contributed by atoms with E-state index in [1.54, 1.807) is 0 Å². The van der Waals surface area contributed by atoms with E-state index in [0.717, 1.165) is 52.4 Å². The molecule has 1 saturated heterocycles. The molecule has 5 rings (SSSR count). The molecule has 2 aromatic carbocycles. The van der Waals surface area contributed by atoms with E-state index in [9.17, 15) is 4.79 Å². The number of aromatic nitrogens is 2. The largest absolute Gasteiger partial charge is 0.356 e. The fourth-order valence-corrected chi connectivity index (χ4v) is 4.52. The minimum absolute atomic E-state index is 0.0626. The maximum atomic E-state index is 13.1. The van der Waals surface area contributed by atoms with Gasteiger partial charge in [0.2, 0.25) is 0 Å². The molecule has 5 nitrogen and oxygen atoms in total. The molecule has 0 atom stereocenters. The molecule has 0 N–H and O–H groups in total. The van der Waals surface area contributed by atoms with E-state index in [4.69, 9.17) is 9.97 Å². The van der Waals surface area contributed by atoms with Gasteiger partial charge in [-0.2, -0.15) is 0 Å². The summed E-state index contributed by atoms with van der Waals surface area (Å²) in [5.74, 6) is 1.85. The molecule has 1 amide bonds. The molecule has 152 valence electrons. The SMILES string of the molecule is O=C(c1ccc(Br)cc1)N1CCc2nc(-c3ccccc3)nc(N3CCCC3)c2C1. The van der Waals surface area contributed by atoms with Crippen LogP contribution in [0.15, 0.2) is 59.1 Å². The smallest absolute Gasteiger partial charge is 0.254 e. The maximum Gasteiger partial charge on any atom is 0.254 e. The number of benzene rings is 2. The summed E-state index contributed by atoms with van der Waals surface area (Å²) >= 11 is 3.44. The Kier molecular flexibility index (Phi) is 5.25. The van der Waals surface area contributed by atoms with Gasteiger partial charge in [-0.1, -0.05) is 46.3 Å². The highest BCUT2D eigenvalue weighted by molar-refractivity contribution is 9.10. The molecule has 2 aliphatic heterocycles. The Labute approximate surface area is 184 Å². The molecule has 0 unspecified atom stereocenters. The second-order valence-corrected chi connectivity index (χ2v) is 8.76. The van der Waals surface area contributed by atoms with E-state index >= 15 is 0 Å². The first-order valence-corrected chi connectivity index (χ1v) is 11.2. The molecule has 1 fully saturated rings. The van der Waals surface area contributed by atoms with Crippen molar-refractivity contribution in [3.63, 3.8) is 0 Å². The van der Waals surface area contributed by atoms with Crippen molar-refractivity contribution in [2.45, 2.75) is 25.8 Å². The van der Waals surface area contributed by atoms with Gasteiger partial charge in [-0.25, -0.2) is 9.97 Å². The van der Waals surface area contributed by atoms with Crippen LogP contribution in [0.2, 0.25) is 0 Å². The summed E-state index contributed by atoms with van der Waals surface area (Å²) < 4.78 is 0.973. The summed E-state index contributed by atoms with van der Waals surface area (Å²) in [4.78, 5) is 27.3. The predicted octanol–water partition coefficient (Wildman–Crippen LogP) is 4.70. The van der Waals surface area contributed by atoms with Gasteiger partial charge in [-0.05, 0) is 37.1 Å². The van der Waals surface area contributed by atoms with Crippen LogP contribution in [0.25, 0.3) is 11.4 Å². The molecule has 0 spiro atoms. The first kappa shape index (κ1) is 19.2. The lowest BCUT2D eigenvalue weighted by Crippen LogP contribution is -2.38. The number of amides is 1. The lowest BCUT2D eigenvalue weighted by Gasteiger charge is -2.32. The van der Waals surface area contributed by atoms with Crippen molar-refractivity contribution in [3.8, 4) is 11.4 Å². The lowest BCUT2D eigenvalue weighted by molar-refractivity contribution is 0.0733. The van der Waals surface area contributed by atoms with Gasteiger partial charge >= 0.3 is 0 Å². The van der Waals surface area contributed by atoms with Crippen LogP contribution in [0.1, 0.15) is 34.5 Å². The fourth-order valence-electron chi connectivity index (χ4n) is 4.25. The minimum atomic E-state index is 0.0626. The van der Waals surface area contributed by atoms with Crippen molar-refractivity contribution in [2.75, 3.05) is 24.5 Å². The van der Waals surface area contributed by atoms with Crippen LogP contribution in [0.3, 0.4) is 0 Å². The highest BCUT2D eigenvalue weighted by Gasteiger charge is 2.29. The van der Waals surface area contributed by atoms with Crippen LogP contribution in [-0.2, 0) is 13.0 Å². The van der Waals surface area contributed by atoms with E-state index < -0.39 is 0 Å². The Hall–Kier alpha value is -2.73. The Morgan fingerprint density at radius 3 is 2.37 bits per heavy atom. The third-order valence-corrected chi connectivity index (χ3v) is 6.38. The molecule has 0 bridgehead atoms. The molecule has 30 heavy (non-hydrogen) atoms. The number of anilines is 1. The molecule has 3 heterocycles. The Balaban J connectivity index is 1.51. The third kappa shape index (κ3) is 3.72. The van der Waals surface area contributed by atoms with Gasteiger partial charge in [0.25, 0.3) is 5.91 Å². The molecule has 3 aromatic rings. The van der Waals surface area contributed by atoms with E-state index in [1.807, 2.05) is 47.4 Å². The number of hydrogen-bond donors (Lipinski definition) is 0. The average Bonchev–Trinajstić information content (AvgIpc) is 3.33. The van der Waals surface area contributed by atoms with Gasteiger partial charge < -0.3 is 9.80 Å². The van der Waals surface area contributed by atoms with E-state index in [2.05, 4.69) is 33.0 Å². The van der Waals surface area contributed by atoms with Gasteiger partial charge in [0.15, 0.2) is 5.82 Å². The first-order chi connectivity index (χ1) is 14.7. The highest BCUT2D eigenvalue weighted by atomic mass is 79.9. The van der Waals surface area contributed by atoms with E-state index in [-0.39, 0.29) is 5.91 Å². The summed E-state index contributed by atoms with van der Waals surface area (Å²) in [6, 6.07) is 17.7. The normalized spacial score (nSPS) is 15.9. The van der Waals surface area contributed by atoms with Gasteiger partial charge in [0.1, 0.15) is 5.82 Å². The van der Waals surface area contributed by atoms with Crippen molar-refractivity contribution < 1.29 is 4.79 Å². The molecular weight excluding hydrogens is 440 g/mol. The highest BCUT2D eigenvalue weighted by Crippen LogP contribution is 2.32.